The smallest absolute Gasteiger partial charge is 0.239 e. The summed E-state index contributed by atoms with van der Waals surface area (Å²) in [7, 11) is 1.61. The van der Waals surface area contributed by atoms with Crippen LogP contribution in [0.3, 0.4) is 0 Å². The van der Waals surface area contributed by atoms with E-state index in [1.165, 1.54) is 11.8 Å². The summed E-state index contributed by atoms with van der Waals surface area (Å²) in [5.74, 6) is 0.692. The van der Waals surface area contributed by atoms with Gasteiger partial charge < -0.3 is 15.4 Å². The number of ether oxygens (including phenoxy) is 1. The number of amides is 1. The van der Waals surface area contributed by atoms with Gasteiger partial charge in [0, 0.05) is 12.2 Å². The molecule has 1 unspecified atom stereocenters. The number of methoxy groups -OCH3 is 1. The summed E-state index contributed by atoms with van der Waals surface area (Å²) >= 11 is 1.46. The largest absolute Gasteiger partial charge is 0.494 e. The van der Waals surface area contributed by atoms with Crippen molar-refractivity contribution in [1.82, 2.24) is 5.32 Å². The molecule has 3 rings (SSSR count). The Morgan fingerprint density at radius 1 is 1.17 bits per heavy atom. The van der Waals surface area contributed by atoms with Gasteiger partial charge in [0.1, 0.15) is 11.4 Å². The summed E-state index contributed by atoms with van der Waals surface area (Å²) in [6, 6.07) is 17.5. The Bertz CT molecular complexity index is 734. The fourth-order valence-corrected chi connectivity index (χ4v) is 3.36. The monoisotopic (exact) mass is 341 g/mol. The maximum absolute atomic E-state index is 12.1. The maximum atomic E-state index is 12.1. The third-order valence-corrected chi connectivity index (χ3v) is 4.74. The van der Waals surface area contributed by atoms with Crippen LogP contribution in [-0.4, -0.2) is 30.0 Å². The number of amidine groups is 1. The molecule has 0 saturated carbocycles. The van der Waals surface area contributed by atoms with E-state index in [2.05, 4.69) is 15.6 Å². The Hall–Kier alpha value is -2.47. The van der Waals surface area contributed by atoms with Gasteiger partial charge in [0.15, 0.2) is 5.17 Å². The van der Waals surface area contributed by atoms with E-state index in [1.54, 1.807) is 7.11 Å². The zero-order chi connectivity index (χ0) is 16.8. The molecule has 2 aromatic carbocycles. The molecular weight excluding hydrogens is 322 g/mol. The van der Waals surface area contributed by atoms with Gasteiger partial charge >= 0.3 is 0 Å². The first-order valence-corrected chi connectivity index (χ1v) is 8.62. The van der Waals surface area contributed by atoms with Crippen molar-refractivity contribution in [2.75, 3.05) is 19.0 Å². The van der Waals surface area contributed by atoms with Gasteiger partial charge in [0.25, 0.3) is 0 Å². The standard InChI is InChI=1S/C18H19N3O2S/c1-23-15-10-6-5-9-14(15)20-18-21-17(22)16(24-18)11-12-19-13-7-3-2-4-8-13/h2-10,16,19H,11-12H2,1H3,(H,20,21,22). The number of aliphatic imine (C=N–C) groups is 1. The molecule has 1 aliphatic heterocycles. The molecule has 1 aliphatic rings. The number of nitrogens with zero attached hydrogens (tertiary/aromatic N) is 1. The molecule has 124 valence electrons. The minimum atomic E-state index is -0.130. The average Bonchev–Trinajstić information content (AvgIpc) is 2.96. The van der Waals surface area contributed by atoms with Crippen molar-refractivity contribution in [1.29, 1.82) is 0 Å². The van der Waals surface area contributed by atoms with Crippen LogP contribution in [0.4, 0.5) is 11.4 Å². The molecule has 0 spiro atoms. The fraction of sp³-hybridized carbons (Fsp3) is 0.222. The molecule has 6 heteroatoms. The first-order valence-electron chi connectivity index (χ1n) is 7.74. The summed E-state index contributed by atoms with van der Waals surface area (Å²) < 4.78 is 5.28. The van der Waals surface area contributed by atoms with E-state index in [9.17, 15) is 4.79 Å². The van der Waals surface area contributed by atoms with Crippen LogP contribution in [0.15, 0.2) is 59.6 Å². The lowest BCUT2D eigenvalue weighted by Gasteiger charge is -2.08. The van der Waals surface area contributed by atoms with Gasteiger partial charge in [-0.05, 0) is 30.7 Å². The van der Waals surface area contributed by atoms with Gasteiger partial charge in [-0.2, -0.15) is 0 Å². The molecule has 1 saturated heterocycles. The predicted molar refractivity (Wildman–Crippen MR) is 99.2 cm³/mol. The minimum absolute atomic E-state index is 0.00325. The van der Waals surface area contributed by atoms with Gasteiger partial charge in [-0.25, -0.2) is 4.99 Å². The molecule has 1 fully saturated rings. The predicted octanol–water partition coefficient (Wildman–Crippen LogP) is 3.42. The van der Waals surface area contributed by atoms with Crippen LogP contribution in [-0.2, 0) is 4.79 Å². The first-order chi connectivity index (χ1) is 11.8. The zero-order valence-electron chi connectivity index (χ0n) is 13.4. The molecule has 2 aromatic rings. The second-order valence-corrected chi connectivity index (χ2v) is 6.46. The quantitative estimate of drug-likeness (QED) is 0.845. The van der Waals surface area contributed by atoms with Crippen LogP contribution in [0.5, 0.6) is 5.75 Å². The van der Waals surface area contributed by atoms with Crippen molar-refractivity contribution in [2.24, 2.45) is 4.99 Å². The van der Waals surface area contributed by atoms with Crippen molar-refractivity contribution >= 4 is 34.2 Å². The molecule has 5 nitrogen and oxygen atoms in total. The number of rotatable bonds is 6. The number of carbonyl (C=O) groups excluding carboxylic acids is 1. The Labute approximate surface area is 145 Å². The third kappa shape index (κ3) is 4.08. The summed E-state index contributed by atoms with van der Waals surface area (Å²) in [5.41, 5.74) is 1.77. The van der Waals surface area contributed by atoms with Gasteiger partial charge in [-0.3, -0.25) is 4.79 Å². The lowest BCUT2D eigenvalue weighted by molar-refractivity contribution is -0.118. The Balaban J connectivity index is 1.58. The number of anilines is 1. The second-order valence-electron chi connectivity index (χ2n) is 5.27. The molecule has 24 heavy (non-hydrogen) atoms. The molecule has 0 aliphatic carbocycles. The molecule has 0 radical (unpaired) electrons. The Morgan fingerprint density at radius 2 is 1.92 bits per heavy atom. The highest BCUT2D eigenvalue weighted by Gasteiger charge is 2.29. The van der Waals surface area contributed by atoms with E-state index in [0.29, 0.717) is 16.6 Å². The van der Waals surface area contributed by atoms with Gasteiger partial charge in [-0.1, -0.05) is 42.1 Å². The summed E-state index contributed by atoms with van der Waals surface area (Å²) in [5, 5.41) is 6.65. The molecule has 1 amide bonds. The van der Waals surface area contributed by atoms with E-state index in [0.717, 1.165) is 18.7 Å². The third-order valence-electron chi connectivity index (χ3n) is 3.59. The molecule has 2 N–H and O–H groups in total. The average molecular weight is 341 g/mol. The highest BCUT2D eigenvalue weighted by Crippen LogP contribution is 2.30. The minimum Gasteiger partial charge on any atom is -0.494 e. The number of benzene rings is 2. The number of thioether (sulfide) groups is 1. The van der Waals surface area contributed by atoms with Crippen LogP contribution < -0.4 is 15.4 Å². The topological polar surface area (TPSA) is 62.7 Å². The van der Waals surface area contributed by atoms with Crippen molar-refractivity contribution in [3.63, 3.8) is 0 Å². The number of para-hydroxylation sites is 3. The number of hydrogen-bond donors (Lipinski definition) is 2. The Kier molecular flexibility index (Phi) is 5.38. The molecule has 1 heterocycles. The molecule has 0 bridgehead atoms. The van der Waals surface area contributed by atoms with Crippen molar-refractivity contribution < 1.29 is 9.53 Å². The maximum Gasteiger partial charge on any atom is 0.239 e. The zero-order valence-corrected chi connectivity index (χ0v) is 14.2. The number of nitrogens with one attached hydrogen (secondary N) is 2. The van der Waals surface area contributed by atoms with E-state index in [1.807, 2.05) is 54.6 Å². The molecule has 0 aromatic heterocycles. The van der Waals surface area contributed by atoms with Crippen LogP contribution in [0.2, 0.25) is 0 Å². The van der Waals surface area contributed by atoms with Gasteiger partial charge in [-0.15, -0.1) is 0 Å². The van der Waals surface area contributed by atoms with E-state index in [-0.39, 0.29) is 11.2 Å². The summed E-state index contributed by atoms with van der Waals surface area (Å²) in [4.78, 5) is 16.6. The Morgan fingerprint density at radius 3 is 2.71 bits per heavy atom. The van der Waals surface area contributed by atoms with Crippen LogP contribution in [0.1, 0.15) is 6.42 Å². The van der Waals surface area contributed by atoms with Crippen molar-refractivity contribution in [3.05, 3.63) is 54.6 Å². The van der Waals surface area contributed by atoms with E-state index >= 15 is 0 Å². The second kappa shape index (κ2) is 7.88. The van der Waals surface area contributed by atoms with Crippen LogP contribution in [0.25, 0.3) is 0 Å². The first kappa shape index (κ1) is 16.4. The molecular formula is C18H19N3O2S. The summed E-state index contributed by atoms with van der Waals surface area (Å²) in [6.45, 7) is 0.733. The van der Waals surface area contributed by atoms with Crippen LogP contribution >= 0.6 is 11.8 Å². The fourth-order valence-electron chi connectivity index (χ4n) is 2.38. The molecule has 1 atom stereocenters. The van der Waals surface area contributed by atoms with Crippen LogP contribution in [0, 0.1) is 0 Å². The SMILES string of the molecule is COc1ccccc1N=C1NC(=O)C(CCNc2ccccc2)S1. The highest BCUT2D eigenvalue weighted by molar-refractivity contribution is 8.15. The summed E-state index contributed by atoms with van der Waals surface area (Å²) in [6.07, 6.45) is 0.732. The highest BCUT2D eigenvalue weighted by atomic mass is 32.2. The van der Waals surface area contributed by atoms with Crippen molar-refractivity contribution in [2.45, 2.75) is 11.7 Å². The lowest BCUT2D eigenvalue weighted by atomic mass is 10.2. The number of hydrogen-bond acceptors (Lipinski definition) is 5. The van der Waals surface area contributed by atoms with Gasteiger partial charge in [0.05, 0.1) is 12.4 Å². The normalized spacial score (nSPS) is 18.5. The number of carbonyl (C=O) groups is 1. The van der Waals surface area contributed by atoms with E-state index in [4.69, 9.17) is 4.74 Å². The lowest BCUT2D eigenvalue weighted by Crippen LogP contribution is -2.26. The van der Waals surface area contributed by atoms with E-state index < -0.39 is 0 Å². The van der Waals surface area contributed by atoms with Crippen molar-refractivity contribution in [3.8, 4) is 5.75 Å². The van der Waals surface area contributed by atoms with Gasteiger partial charge in [0.2, 0.25) is 5.91 Å².